The molecule has 0 aromatic rings. The number of carbonyl (C=O) groups excluding carboxylic acids is 1. The largest absolute Gasteiger partial charge is 0.481 e. The lowest BCUT2D eigenvalue weighted by Gasteiger charge is -2.07. The molecule has 0 amide bonds. The van der Waals surface area contributed by atoms with Gasteiger partial charge in [0.25, 0.3) is 0 Å². The summed E-state index contributed by atoms with van der Waals surface area (Å²) in [5.41, 5.74) is 0.646. The van der Waals surface area contributed by atoms with Crippen LogP contribution in [0.4, 0.5) is 0 Å². The average Bonchev–Trinajstić information content (AvgIpc) is 2.88. The molecule has 0 saturated heterocycles. The lowest BCUT2D eigenvalue weighted by molar-refractivity contribution is -0.139. The van der Waals surface area contributed by atoms with Crippen LogP contribution in [0, 0.1) is 0 Å². The summed E-state index contributed by atoms with van der Waals surface area (Å²) in [6.07, 6.45) is 32.4. The Balaban J connectivity index is 3.28. The first-order valence-corrected chi connectivity index (χ1v) is 16.1. The number of unbranched alkanes of at least 4 members (excludes halogenated alkanes) is 23. The normalized spacial score (nSPS) is 11.1. The van der Waals surface area contributed by atoms with E-state index in [0.717, 1.165) is 38.5 Å². The summed E-state index contributed by atoms with van der Waals surface area (Å²) in [6.45, 7) is 6.75. The maximum atomic E-state index is 12.1. The zero-order valence-corrected chi connectivity index (χ0v) is 24.7. The summed E-state index contributed by atoms with van der Waals surface area (Å²) in [7, 11) is 0. The number of hydrogen-bond acceptors (Lipinski definition) is 3. The van der Waals surface area contributed by atoms with E-state index in [1.54, 1.807) is 0 Å². The fourth-order valence-corrected chi connectivity index (χ4v) is 4.87. The van der Waals surface area contributed by atoms with Gasteiger partial charge in [0.1, 0.15) is 0 Å². The van der Waals surface area contributed by atoms with Crippen LogP contribution in [-0.2, 0) is 14.3 Å². The van der Waals surface area contributed by atoms with Gasteiger partial charge in [-0.1, -0.05) is 155 Å². The summed E-state index contributed by atoms with van der Waals surface area (Å²) in [4.78, 5) is 22.5. The first-order valence-electron chi connectivity index (χ1n) is 16.1. The fraction of sp³-hybridized carbons (Fsp3) is 0.879. The lowest BCUT2D eigenvalue weighted by atomic mass is 10.0. The monoisotopic (exact) mass is 522 g/mol. The molecule has 37 heavy (non-hydrogen) atoms. The maximum absolute atomic E-state index is 12.1. The van der Waals surface area contributed by atoms with Gasteiger partial charge in [-0.2, -0.15) is 0 Å². The third-order valence-corrected chi connectivity index (χ3v) is 7.39. The van der Waals surface area contributed by atoms with Crippen LogP contribution in [0.25, 0.3) is 0 Å². The Labute approximate surface area is 230 Å². The molecule has 0 radical (unpaired) electrons. The molecule has 0 aliphatic heterocycles. The highest BCUT2D eigenvalue weighted by Gasteiger charge is 2.08. The number of aliphatic carboxylic acids is 1. The van der Waals surface area contributed by atoms with E-state index in [1.165, 1.54) is 128 Å². The van der Waals surface area contributed by atoms with Gasteiger partial charge in [-0.15, -0.1) is 0 Å². The molecule has 0 aromatic carbocycles. The van der Waals surface area contributed by atoms with Crippen molar-refractivity contribution in [1.82, 2.24) is 0 Å². The van der Waals surface area contributed by atoms with Gasteiger partial charge in [0, 0.05) is 12.0 Å². The molecule has 0 rings (SSSR count). The van der Waals surface area contributed by atoms with Gasteiger partial charge in [-0.25, -0.2) is 4.79 Å². The average molecular weight is 523 g/mol. The Morgan fingerprint density at radius 2 is 0.838 bits per heavy atom. The predicted octanol–water partition coefficient (Wildman–Crippen LogP) is 10.7. The molecule has 0 fully saturated rings. The van der Waals surface area contributed by atoms with Crippen LogP contribution in [0.1, 0.15) is 180 Å². The summed E-state index contributed by atoms with van der Waals surface area (Å²) in [5.74, 6) is -0.855. The molecule has 0 unspecified atom stereocenters. The van der Waals surface area contributed by atoms with E-state index < -0.39 is 5.97 Å². The van der Waals surface area contributed by atoms with Gasteiger partial charge < -0.3 is 9.84 Å². The van der Waals surface area contributed by atoms with Crippen molar-refractivity contribution in [2.24, 2.45) is 0 Å². The van der Waals surface area contributed by atoms with Crippen LogP contribution < -0.4 is 0 Å². The quantitative estimate of drug-likeness (QED) is 0.0578. The lowest BCUT2D eigenvalue weighted by Crippen LogP contribution is -2.08. The van der Waals surface area contributed by atoms with Crippen molar-refractivity contribution in [2.75, 3.05) is 6.61 Å². The predicted molar refractivity (Wildman–Crippen MR) is 158 cm³/mol. The highest BCUT2D eigenvalue weighted by molar-refractivity contribution is 5.87. The van der Waals surface area contributed by atoms with Crippen molar-refractivity contribution in [1.29, 1.82) is 0 Å². The molecule has 4 nitrogen and oxygen atoms in total. The Morgan fingerprint density at radius 1 is 0.514 bits per heavy atom. The Kier molecular flexibility index (Phi) is 28.2. The van der Waals surface area contributed by atoms with Crippen LogP contribution in [-0.4, -0.2) is 23.7 Å². The molecule has 218 valence electrons. The number of rotatable bonds is 30. The second kappa shape index (κ2) is 29.2. The third-order valence-electron chi connectivity index (χ3n) is 7.39. The number of esters is 1. The fourth-order valence-electron chi connectivity index (χ4n) is 4.87. The number of ether oxygens (including phenoxy) is 1. The minimum absolute atomic E-state index is 0.186. The Hall–Kier alpha value is -1.32. The van der Waals surface area contributed by atoms with Crippen molar-refractivity contribution < 1.29 is 19.4 Å². The van der Waals surface area contributed by atoms with Crippen LogP contribution in [0.3, 0.4) is 0 Å². The van der Waals surface area contributed by atoms with Crippen molar-refractivity contribution in [2.45, 2.75) is 180 Å². The summed E-state index contributed by atoms with van der Waals surface area (Å²) in [5, 5.41) is 8.62. The summed E-state index contributed by atoms with van der Waals surface area (Å²) < 4.78 is 5.41. The third kappa shape index (κ3) is 29.1. The minimum Gasteiger partial charge on any atom is -0.481 e. The van der Waals surface area contributed by atoms with Crippen molar-refractivity contribution in [3.05, 3.63) is 12.2 Å². The first-order chi connectivity index (χ1) is 18.1. The van der Waals surface area contributed by atoms with Gasteiger partial charge in [-0.05, 0) is 25.7 Å². The van der Waals surface area contributed by atoms with E-state index in [1.807, 2.05) is 0 Å². The SMILES string of the molecule is C=C(CCCCCCCCCCCCCCCCCC(=O)O)C(=O)OCCCCCCCCCCCC. The smallest absolute Gasteiger partial charge is 0.333 e. The molecule has 0 heterocycles. The van der Waals surface area contributed by atoms with Gasteiger partial charge in [0.15, 0.2) is 0 Å². The number of hydrogen-bond donors (Lipinski definition) is 1. The van der Waals surface area contributed by atoms with Crippen LogP contribution in [0.15, 0.2) is 12.2 Å². The molecule has 0 saturated carbocycles. The Bertz CT molecular complexity index is 528. The minimum atomic E-state index is -0.669. The molecular formula is C33H62O4. The van der Waals surface area contributed by atoms with Crippen molar-refractivity contribution in [3.63, 3.8) is 0 Å². The number of carboxylic acid groups (broad SMARTS) is 1. The molecule has 0 spiro atoms. The molecule has 4 heteroatoms. The molecular weight excluding hydrogens is 460 g/mol. The van der Waals surface area contributed by atoms with Crippen molar-refractivity contribution in [3.8, 4) is 0 Å². The first kappa shape index (κ1) is 35.7. The highest BCUT2D eigenvalue weighted by Crippen LogP contribution is 2.16. The van der Waals surface area contributed by atoms with Gasteiger partial charge in [0.05, 0.1) is 6.61 Å². The van der Waals surface area contributed by atoms with Crippen molar-refractivity contribution >= 4 is 11.9 Å². The molecule has 0 aliphatic carbocycles. The maximum Gasteiger partial charge on any atom is 0.333 e. The number of carboxylic acids is 1. The zero-order chi connectivity index (χ0) is 27.2. The standard InChI is InChI=1S/C33H62O4/c1-3-4-5-6-7-8-18-21-24-27-30-37-33(36)31(2)28-25-22-19-16-14-12-10-9-11-13-15-17-20-23-26-29-32(34)35/h2-30H2,1H3,(H,34,35). The van der Waals surface area contributed by atoms with E-state index in [0.29, 0.717) is 18.6 Å². The molecule has 0 bridgehead atoms. The molecule has 1 N–H and O–H groups in total. The molecule has 0 atom stereocenters. The highest BCUT2D eigenvalue weighted by atomic mass is 16.5. The molecule has 0 aliphatic rings. The molecule has 0 aromatic heterocycles. The van der Waals surface area contributed by atoms with E-state index in [9.17, 15) is 9.59 Å². The second-order valence-corrected chi connectivity index (χ2v) is 11.1. The Morgan fingerprint density at radius 3 is 1.22 bits per heavy atom. The second-order valence-electron chi connectivity index (χ2n) is 11.1. The van der Waals surface area contributed by atoms with E-state index >= 15 is 0 Å². The topological polar surface area (TPSA) is 63.6 Å². The van der Waals surface area contributed by atoms with E-state index in [4.69, 9.17) is 9.84 Å². The van der Waals surface area contributed by atoms with Crippen LogP contribution >= 0.6 is 0 Å². The van der Waals surface area contributed by atoms with Crippen LogP contribution in [0.5, 0.6) is 0 Å². The van der Waals surface area contributed by atoms with Gasteiger partial charge in [-0.3, -0.25) is 4.79 Å². The number of carbonyl (C=O) groups is 2. The zero-order valence-electron chi connectivity index (χ0n) is 24.7. The van der Waals surface area contributed by atoms with E-state index in [2.05, 4.69) is 13.5 Å². The summed E-state index contributed by atoms with van der Waals surface area (Å²) >= 11 is 0. The van der Waals surface area contributed by atoms with Gasteiger partial charge >= 0.3 is 11.9 Å². The van der Waals surface area contributed by atoms with Gasteiger partial charge in [0.2, 0.25) is 0 Å². The van der Waals surface area contributed by atoms with E-state index in [-0.39, 0.29) is 5.97 Å². The summed E-state index contributed by atoms with van der Waals surface area (Å²) in [6, 6.07) is 0. The van der Waals surface area contributed by atoms with Crippen LogP contribution in [0.2, 0.25) is 0 Å².